The maximum absolute atomic E-state index is 5.53. The van der Waals surface area contributed by atoms with Crippen molar-refractivity contribution in [3.8, 4) is 22.5 Å². The van der Waals surface area contributed by atoms with Crippen LogP contribution >= 0.6 is 11.8 Å². The lowest BCUT2D eigenvalue weighted by Gasteiger charge is -2.10. The van der Waals surface area contributed by atoms with Crippen molar-refractivity contribution >= 4 is 11.8 Å². The van der Waals surface area contributed by atoms with Crippen molar-refractivity contribution in [3.63, 3.8) is 0 Å². The van der Waals surface area contributed by atoms with E-state index in [1.54, 1.807) is 11.8 Å². The van der Waals surface area contributed by atoms with Crippen molar-refractivity contribution in [2.75, 3.05) is 0 Å². The van der Waals surface area contributed by atoms with Gasteiger partial charge in [-0.05, 0) is 19.3 Å². The molecule has 0 saturated heterocycles. The van der Waals surface area contributed by atoms with E-state index in [0.29, 0.717) is 10.9 Å². The van der Waals surface area contributed by atoms with Crippen molar-refractivity contribution in [1.29, 1.82) is 0 Å². The number of benzene rings is 2. The Morgan fingerprint density at radius 2 is 1.48 bits per heavy atom. The summed E-state index contributed by atoms with van der Waals surface area (Å²) in [5, 5.41) is 13.9. The molecule has 0 saturated carbocycles. The quantitative estimate of drug-likeness (QED) is 0.420. The maximum atomic E-state index is 5.53. The van der Waals surface area contributed by atoms with Crippen molar-refractivity contribution in [3.05, 3.63) is 77.7 Å². The second kappa shape index (κ2) is 8.17. The Labute approximate surface area is 173 Å². The first-order valence-electron chi connectivity index (χ1n) is 9.83. The van der Waals surface area contributed by atoms with Gasteiger partial charge in [-0.1, -0.05) is 77.6 Å². The van der Waals surface area contributed by atoms with Crippen molar-refractivity contribution in [2.24, 2.45) is 0 Å². The highest BCUT2D eigenvalue weighted by molar-refractivity contribution is 7.98. The van der Waals surface area contributed by atoms with Crippen LogP contribution in [-0.4, -0.2) is 20.3 Å². The summed E-state index contributed by atoms with van der Waals surface area (Å²) in [4.78, 5) is 4.86. The predicted molar refractivity (Wildman–Crippen MR) is 113 cm³/mol. The normalized spacial score (nSPS) is 13.2. The van der Waals surface area contributed by atoms with Crippen LogP contribution in [0.4, 0.5) is 0 Å². The molecule has 0 bridgehead atoms. The molecule has 5 rings (SSSR count). The van der Waals surface area contributed by atoms with Gasteiger partial charge in [0.25, 0.3) is 0 Å². The molecular weight excluding hydrogens is 380 g/mol. The molecule has 2 aromatic carbocycles. The summed E-state index contributed by atoms with van der Waals surface area (Å²) in [7, 11) is 0. The molecule has 0 spiro atoms. The van der Waals surface area contributed by atoms with Crippen LogP contribution in [0.1, 0.15) is 29.9 Å². The highest BCUT2D eigenvalue weighted by atomic mass is 32.2. The number of aryl methyl sites for hydroxylation is 1. The van der Waals surface area contributed by atoms with Gasteiger partial charge in [0, 0.05) is 28.9 Å². The first kappa shape index (κ1) is 18.1. The van der Waals surface area contributed by atoms with Crippen LogP contribution in [0.3, 0.4) is 0 Å². The van der Waals surface area contributed by atoms with Crippen LogP contribution < -0.4 is 0 Å². The summed E-state index contributed by atoms with van der Waals surface area (Å²) in [5.74, 6) is 1.75. The highest BCUT2D eigenvalue weighted by Gasteiger charge is 2.20. The third kappa shape index (κ3) is 3.80. The maximum Gasteiger partial charge on any atom is 0.210 e. The highest BCUT2D eigenvalue weighted by Crippen LogP contribution is 2.32. The average molecular weight is 401 g/mol. The molecule has 144 valence electrons. The van der Waals surface area contributed by atoms with Gasteiger partial charge in [-0.25, -0.2) is 4.98 Å². The molecule has 6 heteroatoms. The zero-order chi connectivity index (χ0) is 19.5. The smallest absolute Gasteiger partial charge is 0.210 e. The first-order valence-corrected chi connectivity index (χ1v) is 10.8. The van der Waals surface area contributed by atoms with Crippen molar-refractivity contribution in [2.45, 2.75) is 36.6 Å². The summed E-state index contributed by atoms with van der Waals surface area (Å²) in [5.41, 5.74) is 5.97. The van der Waals surface area contributed by atoms with E-state index in [0.717, 1.165) is 46.8 Å². The molecule has 0 amide bonds. The second-order valence-electron chi connectivity index (χ2n) is 7.05. The number of hydrogen-bond donors (Lipinski definition) is 0. The van der Waals surface area contributed by atoms with Crippen LogP contribution in [0.5, 0.6) is 0 Å². The molecule has 0 atom stereocenters. The lowest BCUT2D eigenvalue weighted by molar-refractivity contribution is 0.369. The lowest BCUT2D eigenvalue weighted by Crippen LogP contribution is -2.02. The average Bonchev–Trinajstić information content (AvgIpc) is 3.22. The predicted octanol–water partition coefficient (Wildman–Crippen LogP) is 5.36. The van der Waals surface area contributed by atoms with Crippen LogP contribution in [-0.2, 0) is 18.6 Å². The number of fused-ring (bicyclic) bond motifs is 1. The molecule has 2 heterocycles. The molecule has 0 radical (unpaired) electrons. The molecule has 0 N–H and O–H groups in total. The Balaban J connectivity index is 1.46. The second-order valence-corrected chi connectivity index (χ2v) is 7.99. The van der Waals surface area contributed by atoms with Crippen molar-refractivity contribution < 1.29 is 4.52 Å². The van der Waals surface area contributed by atoms with E-state index < -0.39 is 0 Å². The van der Waals surface area contributed by atoms with Gasteiger partial charge in [-0.15, -0.1) is 10.2 Å². The van der Waals surface area contributed by atoms with Gasteiger partial charge in [0.1, 0.15) is 17.1 Å². The number of nitrogens with zero attached hydrogens (tertiary/aromatic N) is 4. The van der Waals surface area contributed by atoms with Crippen LogP contribution in [0.2, 0.25) is 0 Å². The van der Waals surface area contributed by atoms with Crippen molar-refractivity contribution in [1.82, 2.24) is 20.3 Å². The fourth-order valence-electron chi connectivity index (χ4n) is 3.66. The minimum atomic E-state index is 0.649. The molecule has 1 aliphatic carbocycles. The fourth-order valence-corrected chi connectivity index (χ4v) is 4.40. The van der Waals surface area contributed by atoms with E-state index in [4.69, 9.17) is 9.51 Å². The minimum Gasteiger partial charge on any atom is -0.361 e. The minimum absolute atomic E-state index is 0.649. The van der Waals surface area contributed by atoms with Crippen LogP contribution in [0, 0.1) is 0 Å². The molecular formula is C23H20N4OS. The number of rotatable bonds is 5. The van der Waals surface area contributed by atoms with E-state index >= 15 is 0 Å². The Morgan fingerprint density at radius 1 is 0.793 bits per heavy atom. The van der Waals surface area contributed by atoms with E-state index in [1.807, 2.05) is 48.5 Å². The molecule has 2 aromatic heterocycles. The largest absolute Gasteiger partial charge is 0.361 e. The third-order valence-electron chi connectivity index (χ3n) is 5.13. The van der Waals surface area contributed by atoms with E-state index in [9.17, 15) is 0 Å². The van der Waals surface area contributed by atoms with Gasteiger partial charge in [0.05, 0.1) is 5.69 Å². The zero-order valence-electron chi connectivity index (χ0n) is 15.9. The molecule has 5 nitrogen and oxygen atoms in total. The molecule has 0 unspecified atom stereocenters. The third-order valence-corrected chi connectivity index (χ3v) is 5.98. The standard InChI is InChI=1S/C23H20N4OS/c1-3-9-16(10-4-1)21-22(17-11-5-2-6-12-17)25-26-23(24-21)29-15-19-18-13-7-8-14-20(18)28-27-19/h1-6,9-12H,7-8,13-15H2. The Morgan fingerprint density at radius 3 is 2.24 bits per heavy atom. The molecule has 4 aromatic rings. The molecule has 0 aliphatic heterocycles. The Hall–Kier alpha value is -2.99. The summed E-state index contributed by atoms with van der Waals surface area (Å²) in [6.45, 7) is 0. The lowest BCUT2D eigenvalue weighted by atomic mass is 9.97. The van der Waals surface area contributed by atoms with Gasteiger partial charge >= 0.3 is 0 Å². The summed E-state index contributed by atoms with van der Waals surface area (Å²) in [6, 6.07) is 20.2. The zero-order valence-corrected chi connectivity index (χ0v) is 16.7. The summed E-state index contributed by atoms with van der Waals surface area (Å²) >= 11 is 1.56. The van der Waals surface area contributed by atoms with Gasteiger partial charge in [-0.3, -0.25) is 0 Å². The van der Waals surface area contributed by atoms with Gasteiger partial charge in [-0.2, -0.15) is 0 Å². The summed E-state index contributed by atoms with van der Waals surface area (Å²) < 4.78 is 5.53. The number of aromatic nitrogens is 4. The van der Waals surface area contributed by atoms with Gasteiger partial charge in [0.2, 0.25) is 5.16 Å². The van der Waals surface area contributed by atoms with Gasteiger partial charge in [0.15, 0.2) is 0 Å². The number of thioether (sulfide) groups is 1. The van der Waals surface area contributed by atoms with Crippen LogP contribution in [0.25, 0.3) is 22.5 Å². The molecule has 0 fully saturated rings. The Kier molecular flexibility index (Phi) is 5.09. The SMILES string of the molecule is c1ccc(-c2nnc(SCc3noc4c3CCCC4)nc2-c2ccccc2)cc1. The van der Waals surface area contributed by atoms with E-state index in [-0.39, 0.29) is 0 Å². The van der Waals surface area contributed by atoms with E-state index in [2.05, 4.69) is 27.5 Å². The summed E-state index contributed by atoms with van der Waals surface area (Å²) in [6.07, 6.45) is 4.43. The monoisotopic (exact) mass is 400 g/mol. The Bertz CT molecular complexity index is 1110. The van der Waals surface area contributed by atoms with Crippen LogP contribution in [0.15, 0.2) is 70.3 Å². The molecule has 29 heavy (non-hydrogen) atoms. The first-order chi connectivity index (χ1) is 14.4. The molecule has 1 aliphatic rings. The van der Waals surface area contributed by atoms with E-state index in [1.165, 1.54) is 18.4 Å². The topological polar surface area (TPSA) is 64.7 Å². The van der Waals surface area contributed by atoms with Gasteiger partial charge < -0.3 is 4.52 Å². The fraction of sp³-hybridized carbons (Fsp3) is 0.217. The number of hydrogen-bond acceptors (Lipinski definition) is 6.